The standard InChI is InChI=1S/C39H43N4O9P/c1-51-38(49)30-18-16-26(22-33(30)53(28-12-6-4-7-13-28)29-14-8-5-9-15-29)36(47)41-21-11-3-2-10-20-40-34(46)19-17-27-24-43(39(50)42-37(27)48)35-23-31(45)32(25-44)52-35/h4-9,12-19,22,24,31-32,35,44-45H,2-3,10-11,20-21,23,25H2,1H3,(H,40,46)(H,41,47)(H,42,48,50)/t31?,32-,35-/m1/s1. The molecular weight excluding hydrogens is 699 g/mol. The number of aliphatic hydroxyl groups excluding tert-OH is 2. The Labute approximate surface area is 307 Å². The average molecular weight is 743 g/mol. The van der Waals surface area contributed by atoms with Gasteiger partial charge < -0.3 is 30.3 Å². The van der Waals surface area contributed by atoms with Gasteiger partial charge in [0.15, 0.2) is 0 Å². The third-order valence-electron chi connectivity index (χ3n) is 8.73. The molecule has 3 atom stereocenters. The van der Waals surface area contributed by atoms with Crippen LogP contribution in [-0.4, -0.2) is 76.6 Å². The Morgan fingerprint density at radius 3 is 2.19 bits per heavy atom. The summed E-state index contributed by atoms with van der Waals surface area (Å²) in [5.74, 6) is -1.12. The van der Waals surface area contributed by atoms with E-state index in [1.165, 1.54) is 25.5 Å². The molecule has 1 aliphatic rings. The Morgan fingerprint density at radius 1 is 0.943 bits per heavy atom. The van der Waals surface area contributed by atoms with E-state index in [9.17, 15) is 34.2 Å². The molecule has 13 nitrogen and oxygen atoms in total. The number of hydrogen-bond donors (Lipinski definition) is 5. The van der Waals surface area contributed by atoms with Crippen molar-refractivity contribution in [2.45, 2.75) is 50.5 Å². The smallest absolute Gasteiger partial charge is 0.338 e. The van der Waals surface area contributed by atoms with E-state index < -0.39 is 56.1 Å². The largest absolute Gasteiger partial charge is 0.465 e. The van der Waals surface area contributed by atoms with Crippen LogP contribution in [0, 0.1) is 0 Å². The van der Waals surface area contributed by atoms with Gasteiger partial charge in [0.1, 0.15) is 12.3 Å². The molecule has 1 aliphatic heterocycles. The normalized spacial score (nSPS) is 16.9. The van der Waals surface area contributed by atoms with E-state index in [0.717, 1.165) is 39.7 Å². The molecule has 14 heteroatoms. The lowest BCUT2D eigenvalue weighted by Gasteiger charge is -2.22. The van der Waals surface area contributed by atoms with E-state index in [1.807, 2.05) is 60.7 Å². The third kappa shape index (κ3) is 10.2. The maximum atomic E-state index is 13.2. The van der Waals surface area contributed by atoms with Crippen molar-refractivity contribution < 1.29 is 34.1 Å². The summed E-state index contributed by atoms with van der Waals surface area (Å²) >= 11 is 0. The van der Waals surface area contributed by atoms with Gasteiger partial charge in [-0.05, 0) is 55.6 Å². The Balaban J connectivity index is 1.09. The van der Waals surface area contributed by atoms with Gasteiger partial charge in [-0.25, -0.2) is 9.59 Å². The van der Waals surface area contributed by atoms with Gasteiger partial charge >= 0.3 is 11.7 Å². The molecule has 2 amide bonds. The van der Waals surface area contributed by atoms with Crippen molar-refractivity contribution in [3.8, 4) is 0 Å². The van der Waals surface area contributed by atoms with Crippen LogP contribution in [0.3, 0.4) is 0 Å². The predicted octanol–water partition coefficient (Wildman–Crippen LogP) is 1.84. The van der Waals surface area contributed by atoms with Gasteiger partial charge in [-0.2, -0.15) is 0 Å². The molecule has 0 saturated carbocycles. The van der Waals surface area contributed by atoms with Crippen molar-refractivity contribution >= 4 is 47.7 Å². The van der Waals surface area contributed by atoms with Gasteiger partial charge in [0.25, 0.3) is 11.5 Å². The number of carbonyl (C=O) groups excluding carboxylic acids is 3. The summed E-state index contributed by atoms with van der Waals surface area (Å²) < 4.78 is 11.7. The predicted molar refractivity (Wildman–Crippen MR) is 202 cm³/mol. The van der Waals surface area contributed by atoms with E-state index in [4.69, 9.17) is 9.47 Å². The van der Waals surface area contributed by atoms with Gasteiger partial charge in [-0.3, -0.25) is 23.9 Å². The van der Waals surface area contributed by atoms with Crippen LogP contribution >= 0.6 is 7.92 Å². The van der Waals surface area contributed by atoms with E-state index in [1.54, 1.807) is 18.2 Å². The highest BCUT2D eigenvalue weighted by atomic mass is 31.1. The lowest BCUT2D eigenvalue weighted by Crippen LogP contribution is -2.33. The minimum Gasteiger partial charge on any atom is -0.465 e. The lowest BCUT2D eigenvalue weighted by atomic mass is 10.1. The summed E-state index contributed by atoms with van der Waals surface area (Å²) in [4.78, 5) is 65.2. The minimum absolute atomic E-state index is 0.0520. The van der Waals surface area contributed by atoms with Gasteiger partial charge in [0, 0.05) is 42.7 Å². The molecule has 0 bridgehead atoms. The molecule has 5 N–H and O–H groups in total. The minimum atomic E-state index is -1.16. The fourth-order valence-electron chi connectivity index (χ4n) is 5.95. The molecule has 1 unspecified atom stereocenters. The van der Waals surface area contributed by atoms with E-state index in [-0.39, 0.29) is 17.9 Å². The molecule has 1 saturated heterocycles. The molecule has 5 rings (SSSR count). The van der Waals surface area contributed by atoms with Crippen LogP contribution in [-0.2, 0) is 14.3 Å². The van der Waals surface area contributed by atoms with Gasteiger partial charge in [-0.15, -0.1) is 0 Å². The summed E-state index contributed by atoms with van der Waals surface area (Å²) in [5.41, 5.74) is -0.492. The van der Waals surface area contributed by atoms with Gasteiger partial charge in [0.05, 0.1) is 30.9 Å². The molecule has 1 fully saturated rings. The summed E-state index contributed by atoms with van der Waals surface area (Å²) in [6.45, 7) is 0.446. The Kier molecular flexibility index (Phi) is 14.0. The summed E-state index contributed by atoms with van der Waals surface area (Å²) in [6.07, 6.45) is 4.19. The Bertz CT molecular complexity index is 1980. The zero-order valence-corrected chi connectivity index (χ0v) is 30.2. The maximum absolute atomic E-state index is 13.2. The topological polar surface area (TPSA) is 189 Å². The van der Waals surface area contributed by atoms with Crippen LogP contribution < -0.4 is 37.8 Å². The van der Waals surface area contributed by atoms with Gasteiger partial charge in [-0.1, -0.05) is 73.5 Å². The number of esters is 1. The first-order valence-corrected chi connectivity index (χ1v) is 18.7. The van der Waals surface area contributed by atoms with Crippen LogP contribution in [0.15, 0.2) is 101 Å². The first-order chi connectivity index (χ1) is 25.7. The molecule has 0 aliphatic carbocycles. The van der Waals surface area contributed by atoms with Crippen LogP contribution in [0.2, 0.25) is 0 Å². The van der Waals surface area contributed by atoms with Crippen LogP contribution in [0.25, 0.3) is 6.08 Å². The van der Waals surface area contributed by atoms with Crippen LogP contribution in [0.4, 0.5) is 0 Å². The summed E-state index contributed by atoms with van der Waals surface area (Å²) in [5, 5.41) is 27.9. The lowest BCUT2D eigenvalue weighted by molar-refractivity contribution is -0.116. The van der Waals surface area contributed by atoms with Crippen molar-refractivity contribution in [2.24, 2.45) is 0 Å². The fourth-order valence-corrected chi connectivity index (χ4v) is 8.42. The van der Waals surface area contributed by atoms with Crippen molar-refractivity contribution in [3.63, 3.8) is 0 Å². The van der Waals surface area contributed by atoms with Gasteiger partial charge in [0.2, 0.25) is 5.91 Å². The number of rotatable bonds is 16. The second-order valence-electron chi connectivity index (χ2n) is 12.4. The zero-order chi connectivity index (χ0) is 37.7. The number of aliphatic hydroxyl groups is 2. The number of unbranched alkanes of at least 4 members (excludes halogenated alkanes) is 3. The van der Waals surface area contributed by atoms with E-state index in [2.05, 4.69) is 15.6 Å². The molecule has 2 heterocycles. The molecule has 53 heavy (non-hydrogen) atoms. The summed E-state index contributed by atoms with van der Waals surface area (Å²) in [7, 11) is 0.183. The van der Waals surface area contributed by atoms with Crippen LogP contribution in [0.1, 0.15) is 64.6 Å². The number of aromatic amines is 1. The number of methoxy groups -OCH3 is 1. The molecular formula is C39H43N4O9P. The van der Waals surface area contributed by atoms with Crippen molar-refractivity contribution in [3.05, 3.63) is 129 Å². The number of nitrogens with one attached hydrogen (secondary N) is 3. The van der Waals surface area contributed by atoms with Crippen LogP contribution in [0.5, 0.6) is 0 Å². The first-order valence-electron chi connectivity index (χ1n) is 17.4. The Morgan fingerprint density at radius 2 is 1.58 bits per heavy atom. The number of ether oxygens (including phenoxy) is 2. The van der Waals surface area contributed by atoms with Crippen molar-refractivity contribution in [2.75, 3.05) is 26.8 Å². The van der Waals surface area contributed by atoms with E-state index >= 15 is 0 Å². The second kappa shape index (κ2) is 19.0. The molecule has 3 aromatic carbocycles. The van der Waals surface area contributed by atoms with Crippen molar-refractivity contribution in [1.82, 2.24) is 20.2 Å². The second-order valence-corrected chi connectivity index (χ2v) is 14.6. The third-order valence-corrected chi connectivity index (χ3v) is 11.2. The highest BCUT2D eigenvalue weighted by Crippen LogP contribution is 2.35. The average Bonchev–Trinajstić information content (AvgIpc) is 3.55. The fraction of sp³-hybridized carbons (Fsp3) is 0.308. The maximum Gasteiger partial charge on any atom is 0.338 e. The monoisotopic (exact) mass is 742 g/mol. The first kappa shape index (κ1) is 39.0. The molecule has 4 aromatic rings. The Hall–Kier alpha value is -5.20. The van der Waals surface area contributed by atoms with E-state index in [0.29, 0.717) is 30.6 Å². The molecule has 0 spiro atoms. The highest BCUT2D eigenvalue weighted by molar-refractivity contribution is 7.80. The number of benzene rings is 3. The number of carbonyl (C=O) groups is 3. The molecule has 0 radical (unpaired) electrons. The number of amides is 2. The molecule has 1 aromatic heterocycles. The highest BCUT2D eigenvalue weighted by Gasteiger charge is 2.35. The summed E-state index contributed by atoms with van der Waals surface area (Å²) in [6, 6.07) is 24.9. The quantitative estimate of drug-likeness (QED) is 0.0494. The SMILES string of the molecule is COC(=O)c1ccc(C(=O)NCCCCCCNC(=O)C=Cc2cn([C@H]3CC(O)[C@@H](CO)O3)c(=O)[nH]c2=O)cc1P(c1ccccc1)c1ccccc1. The zero-order valence-electron chi connectivity index (χ0n) is 29.3. The molecule has 278 valence electrons. The number of aromatic nitrogens is 2. The van der Waals surface area contributed by atoms with Crippen molar-refractivity contribution in [1.29, 1.82) is 0 Å². The number of H-pyrrole nitrogens is 1. The number of hydrogen-bond acceptors (Lipinski definition) is 9. The number of nitrogens with zero attached hydrogens (tertiary/aromatic N) is 1.